The number of dihydropyridines is 1. The van der Waals surface area contributed by atoms with Gasteiger partial charge in [0, 0.05) is 40.3 Å². The molecule has 1 heterocycles. The highest BCUT2D eigenvalue weighted by atomic mass is 16.1. The van der Waals surface area contributed by atoms with E-state index in [0.717, 1.165) is 52.1 Å². The number of ketones is 2. The predicted molar refractivity (Wildman–Crippen MR) is 123 cm³/mol. The summed E-state index contributed by atoms with van der Waals surface area (Å²) in [6.07, 6.45) is 2.28. The minimum absolute atomic E-state index is 0.0404. The number of Topliss-reactive ketones (excluding diaryl/α,β-unsaturated/α-hetero) is 2. The molecule has 0 amide bonds. The monoisotopic (exact) mass is 401 g/mol. The molecule has 1 unspecified atom stereocenters. The molecule has 0 bridgehead atoms. The normalized spacial score (nSPS) is 18.9. The Labute approximate surface area is 179 Å². The molecule has 3 aliphatic rings. The predicted octanol–water partition coefficient (Wildman–Crippen LogP) is 6.35. The maximum absolute atomic E-state index is 13.2. The Balaban J connectivity index is 0.000000606. The standard InChI is InChI=1S/C23H19NO2.2C2H6/c1-13-9-11-14(12-10-13)19-20-17(7-4-8-18(20)25)24-22-15-5-2-3-6-16(15)23(26)21(19)22;2*1-2/h2-3,5-6,9-12,19,24H,4,7-8H2,1H3;2*1-2H3. The summed E-state index contributed by atoms with van der Waals surface area (Å²) in [4.78, 5) is 26.0. The number of allylic oxidation sites excluding steroid dienone is 3. The van der Waals surface area contributed by atoms with Crippen molar-refractivity contribution in [2.45, 2.75) is 59.8 Å². The van der Waals surface area contributed by atoms with Crippen LogP contribution in [0.1, 0.15) is 79.9 Å². The van der Waals surface area contributed by atoms with E-state index < -0.39 is 0 Å². The van der Waals surface area contributed by atoms with Crippen molar-refractivity contribution in [1.29, 1.82) is 0 Å². The van der Waals surface area contributed by atoms with Crippen molar-refractivity contribution in [3.8, 4) is 0 Å². The van der Waals surface area contributed by atoms with E-state index in [1.807, 2.05) is 58.9 Å². The maximum atomic E-state index is 13.2. The molecule has 30 heavy (non-hydrogen) atoms. The second-order valence-electron chi connectivity index (χ2n) is 7.30. The molecule has 2 aromatic rings. The van der Waals surface area contributed by atoms with Crippen LogP contribution < -0.4 is 5.32 Å². The number of nitrogens with one attached hydrogen (secondary N) is 1. The molecule has 0 saturated carbocycles. The van der Waals surface area contributed by atoms with Crippen LogP contribution in [0.5, 0.6) is 0 Å². The van der Waals surface area contributed by atoms with Gasteiger partial charge < -0.3 is 5.32 Å². The van der Waals surface area contributed by atoms with Crippen LogP contribution in [-0.4, -0.2) is 11.6 Å². The summed E-state index contributed by atoms with van der Waals surface area (Å²) in [5.74, 6) is -0.0622. The first-order chi connectivity index (χ1) is 14.6. The van der Waals surface area contributed by atoms with Gasteiger partial charge in [-0.3, -0.25) is 9.59 Å². The van der Waals surface area contributed by atoms with Gasteiger partial charge in [0.05, 0.1) is 5.70 Å². The minimum atomic E-state index is -0.269. The summed E-state index contributed by atoms with van der Waals surface area (Å²) in [6.45, 7) is 10.0. The Hall–Kier alpha value is -2.94. The SMILES string of the molecule is CC.CC.Cc1ccc(C2C3=C(CCCC3=O)NC3=C2C(=O)c2ccccc23)cc1. The summed E-state index contributed by atoms with van der Waals surface area (Å²) in [6, 6.07) is 15.9. The first kappa shape index (κ1) is 21.8. The van der Waals surface area contributed by atoms with Crippen LogP contribution in [0.25, 0.3) is 5.70 Å². The lowest BCUT2D eigenvalue weighted by Gasteiger charge is -2.33. The molecule has 0 aromatic heterocycles. The first-order valence-electron chi connectivity index (χ1n) is 11.1. The molecule has 0 saturated heterocycles. The van der Waals surface area contributed by atoms with Crippen LogP contribution >= 0.6 is 0 Å². The molecule has 3 heteroatoms. The van der Waals surface area contributed by atoms with Crippen LogP contribution in [0.2, 0.25) is 0 Å². The molecule has 0 spiro atoms. The molecule has 3 nitrogen and oxygen atoms in total. The van der Waals surface area contributed by atoms with E-state index >= 15 is 0 Å². The fraction of sp³-hybridized carbons (Fsp3) is 0.333. The third kappa shape index (κ3) is 3.54. The van der Waals surface area contributed by atoms with Crippen molar-refractivity contribution < 1.29 is 9.59 Å². The van der Waals surface area contributed by atoms with Gasteiger partial charge in [-0.1, -0.05) is 81.8 Å². The van der Waals surface area contributed by atoms with Crippen molar-refractivity contribution in [1.82, 2.24) is 5.32 Å². The summed E-state index contributed by atoms with van der Waals surface area (Å²) < 4.78 is 0. The number of benzene rings is 2. The van der Waals surface area contributed by atoms with Crippen LogP contribution in [-0.2, 0) is 4.79 Å². The molecular formula is C27H31NO2. The van der Waals surface area contributed by atoms with Gasteiger partial charge in [0.2, 0.25) is 0 Å². The van der Waals surface area contributed by atoms with E-state index in [4.69, 9.17) is 0 Å². The summed E-state index contributed by atoms with van der Waals surface area (Å²) in [5, 5.41) is 3.46. The quantitative estimate of drug-likeness (QED) is 0.606. The van der Waals surface area contributed by atoms with E-state index in [1.54, 1.807) is 0 Å². The van der Waals surface area contributed by atoms with Gasteiger partial charge in [0.15, 0.2) is 11.6 Å². The van der Waals surface area contributed by atoms with E-state index in [1.165, 1.54) is 5.56 Å². The van der Waals surface area contributed by atoms with E-state index in [-0.39, 0.29) is 17.5 Å². The number of hydrogen-bond acceptors (Lipinski definition) is 3. The number of carbonyl (C=O) groups excluding carboxylic acids is 2. The third-order valence-electron chi connectivity index (χ3n) is 5.68. The van der Waals surface area contributed by atoms with Crippen LogP contribution in [0, 0.1) is 6.92 Å². The van der Waals surface area contributed by atoms with Gasteiger partial charge in [-0.15, -0.1) is 0 Å². The molecule has 5 rings (SSSR count). The average molecular weight is 402 g/mol. The molecule has 1 aliphatic heterocycles. The number of carbonyl (C=O) groups is 2. The Morgan fingerprint density at radius 3 is 2.10 bits per heavy atom. The lowest BCUT2D eigenvalue weighted by molar-refractivity contribution is -0.116. The second-order valence-corrected chi connectivity index (χ2v) is 7.30. The third-order valence-corrected chi connectivity index (χ3v) is 5.68. The average Bonchev–Trinajstić information content (AvgIpc) is 3.08. The first-order valence-corrected chi connectivity index (χ1v) is 11.1. The van der Waals surface area contributed by atoms with Crippen molar-refractivity contribution in [2.24, 2.45) is 0 Å². The van der Waals surface area contributed by atoms with Crippen molar-refractivity contribution >= 4 is 17.3 Å². The Morgan fingerprint density at radius 2 is 1.43 bits per heavy atom. The zero-order chi connectivity index (χ0) is 21.8. The number of rotatable bonds is 1. The molecule has 0 radical (unpaired) electrons. The van der Waals surface area contributed by atoms with Gasteiger partial charge >= 0.3 is 0 Å². The lowest BCUT2D eigenvalue weighted by Crippen LogP contribution is -2.31. The Kier molecular flexibility index (Phi) is 6.71. The van der Waals surface area contributed by atoms with E-state index in [9.17, 15) is 9.59 Å². The van der Waals surface area contributed by atoms with Gasteiger partial charge in [-0.25, -0.2) is 0 Å². The van der Waals surface area contributed by atoms with Crippen LogP contribution in [0.3, 0.4) is 0 Å². The van der Waals surface area contributed by atoms with Gasteiger partial charge in [0.25, 0.3) is 0 Å². The zero-order valence-corrected chi connectivity index (χ0v) is 18.6. The van der Waals surface area contributed by atoms with Crippen molar-refractivity contribution in [3.63, 3.8) is 0 Å². The molecular weight excluding hydrogens is 370 g/mol. The van der Waals surface area contributed by atoms with Gasteiger partial charge in [-0.2, -0.15) is 0 Å². The highest BCUT2D eigenvalue weighted by molar-refractivity contribution is 6.23. The smallest absolute Gasteiger partial charge is 0.192 e. The molecule has 0 fully saturated rings. The highest BCUT2D eigenvalue weighted by Gasteiger charge is 2.43. The van der Waals surface area contributed by atoms with Gasteiger partial charge in [0.1, 0.15) is 0 Å². The largest absolute Gasteiger partial charge is 0.358 e. The van der Waals surface area contributed by atoms with Crippen LogP contribution in [0.4, 0.5) is 0 Å². The molecule has 2 aliphatic carbocycles. The molecule has 2 aromatic carbocycles. The molecule has 1 N–H and O–H groups in total. The molecule has 156 valence electrons. The number of aryl methyl sites for hydroxylation is 1. The fourth-order valence-electron chi connectivity index (χ4n) is 4.43. The lowest BCUT2D eigenvalue weighted by atomic mass is 9.75. The highest BCUT2D eigenvalue weighted by Crippen LogP contribution is 2.48. The zero-order valence-electron chi connectivity index (χ0n) is 18.6. The maximum Gasteiger partial charge on any atom is 0.192 e. The minimum Gasteiger partial charge on any atom is -0.358 e. The summed E-state index contributed by atoms with van der Waals surface area (Å²) in [7, 11) is 0. The number of fused-ring (bicyclic) bond motifs is 2. The van der Waals surface area contributed by atoms with E-state index in [0.29, 0.717) is 6.42 Å². The Bertz CT molecular complexity index is 1030. The Morgan fingerprint density at radius 1 is 0.800 bits per heavy atom. The van der Waals surface area contributed by atoms with Gasteiger partial charge in [-0.05, 0) is 25.3 Å². The van der Waals surface area contributed by atoms with Crippen molar-refractivity contribution in [2.75, 3.05) is 0 Å². The second kappa shape index (κ2) is 9.25. The summed E-state index contributed by atoms with van der Waals surface area (Å²) in [5.41, 5.74) is 7.28. The van der Waals surface area contributed by atoms with Crippen LogP contribution in [0.15, 0.2) is 65.4 Å². The topological polar surface area (TPSA) is 46.2 Å². The fourth-order valence-corrected chi connectivity index (χ4v) is 4.43. The van der Waals surface area contributed by atoms with E-state index in [2.05, 4.69) is 29.6 Å². The van der Waals surface area contributed by atoms with Crippen molar-refractivity contribution in [3.05, 3.63) is 87.6 Å². The summed E-state index contributed by atoms with van der Waals surface area (Å²) >= 11 is 0. The molecule has 1 atom stereocenters. The number of hydrogen-bond donors (Lipinski definition) is 1.